The maximum absolute atomic E-state index is 7.76. The van der Waals surface area contributed by atoms with Crippen LogP contribution in [0.3, 0.4) is 0 Å². The van der Waals surface area contributed by atoms with Crippen LogP contribution in [-0.4, -0.2) is 205 Å². The van der Waals surface area contributed by atoms with E-state index < -0.39 is 10.0 Å². The summed E-state index contributed by atoms with van der Waals surface area (Å²) in [4.78, 5) is 3.20. The Hall–Kier alpha value is -6.23. The van der Waals surface area contributed by atoms with Crippen LogP contribution in [0.25, 0.3) is 77.2 Å². The third-order valence-electron chi connectivity index (χ3n) is 17.0. The largest absolute Gasteiger partial charge is 0.312 e. The average Bonchev–Trinajstić information content (AvgIpc) is 1.47. The Labute approximate surface area is 547 Å². The maximum atomic E-state index is 7.76. The van der Waals surface area contributed by atoms with E-state index in [1.807, 2.05) is 103 Å². The molecule has 2 nitrogen and oxygen atoms in total. The average molecular weight is 1070 g/mol. The van der Waals surface area contributed by atoms with E-state index in [1.54, 1.807) is 4.57 Å². The molecule has 0 saturated carbocycles. The summed E-state index contributed by atoms with van der Waals surface area (Å²) in [7, 11) is 173. The molecule has 0 fully saturated rings. The highest BCUT2D eigenvalue weighted by Gasteiger charge is 2.38. The second-order valence-corrected chi connectivity index (χ2v) is 24.5. The van der Waals surface area contributed by atoms with Crippen molar-refractivity contribution in [3.05, 3.63) is 103 Å². The van der Waals surface area contributed by atoms with Gasteiger partial charge in [0.25, 0.3) is 0 Å². The fourth-order valence-corrected chi connectivity index (χ4v) is 16.4. The van der Waals surface area contributed by atoms with Crippen LogP contribution < -0.4 is 137 Å². The Kier molecular flexibility index (Phi) is 15.7. The molecule has 12 rings (SSSR count). The molecule has 0 spiro atoms. The number of benzene rings is 10. The van der Waals surface area contributed by atoms with Gasteiger partial charge in [-0.15, -0.1) is 75.6 Å². The highest BCUT2D eigenvalue weighted by atomic mass is 32.3. The zero-order valence-corrected chi connectivity index (χ0v) is 47.9. The summed E-state index contributed by atoms with van der Waals surface area (Å²) in [5.74, 6) is 0. The zero-order chi connectivity index (χ0) is 63.5. The van der Waals surface area contributed by atoms with Crippen molar-refractivity contribution in [2.75, 3.05) is 0 Å². The molecular weight excluding hydrogens is 1050 g/mol. The van der Waals surface area contributed by atoms with Gasteiger partial charge in [0.05, 0.1) is 5.69 Å². The van der Waals surface area contributed by atoms with E-state index in [4.69, 9.17) is 196 Å². The first-order valence-electron chi connectivity index (χ1n) is 26.8. The van der Waals surface area contributed by atoms with Gasteiger partial charge in [-0.1, -0.05) is 126 Å². The lowest BCUT2D eigenvalue weighted by Crippen LogP contribution is -2.55. The van der Waals surface area contributed by atoms with Crippen LogP contribution in [0.1, 0.15) is 0 Å². The van der Waals surface area contributed by atoms with Gasteiger partial charge in [0.1, 0.15) is 196 Å². The third-order valence-corrected chi connectivity index (χ3v) is 20.8. The second-order valence-electron chi connectivity index (χ2n) is 21.4. The first-order valence-corrected chi connectivity index (χ1v) is 28.4. The monoisotopic (exact) mass is 1070 g/mol. The minimum absolute atomic E-state index is 0.00973. The molecule has 12 aromatic rings. The first kappa shape index (κ1) is 62.0. The second kappa shape index (κ2) is 22.3. The van der Waals surface area contributed by atoms with Gasteiger partial charge in [0.15, 0.2) is 0 Å². The van der Waals surface area contributed by atoms with E-state index in [0.29, 0.717) is 4.90 Å². The van der Waals surface area contributed by atoms with Crippen LogP contribution in [0, 0.1) is 0 Å². The lowest BCUT2D eigenvalue weighted by Gasteiger charge is -2.43. The van der Waals surface area contributed by atoms with E-state index in [9.17, 15) is 0 Å². The van der Waals surface area contributed by atoms with E-state index in [0.717, 1.165) is 14.7 Å². The van der Waals surface area contributed by atoms with Crippen molar-refractivity contribution in [2.24, 2.45) is 0 Å². The molecule has 50 radical (unpaired) electrons. The highest BCUT2D eigenvalue weighted by Crippen LogP contribution is 2.74. The van der Waals surface area contributed by atoms with Gasteiger partial charge < -0.3 is 9.13 Å². The number of hydrogen-bond acceptors (Lipinski definition) is 0. The highest BCUT2D eigenvalue weighted by molar-refractivity contribution is 8.34. The SMILES string of the molecule is [B]c1c([B])c([B])c(-c2cc(S(c3ccccc3)(c3ccccc3)c3ccccc3)cc(-c3c([B])c([B])c([B])c([B])c3[B])c2-n2c3c([B])c([B])c([B])c([B])c3c3c([B])c(-n4c5c([B])c([B])c([B])c([B])c5c5c([B])c([B])c([B])c([B])c54)c([B])c([B])c32)c([B])c1[B]. The predicted octanol–water partition coefficient (Wildman–Crippen LogP) is -13.6. The first-order chi connectivity index (χ1) is 41.7. The number of hydrogen-bond donors (Lipinski definition) is 0. The van der Waals surface area contributed by atoms with Gasteiger partial charge >= 0.3 is 0 Å². The zero-order valence-electron chi connectivity index (χ0n) is 47.1. The normalized spacial score (nSPS) is 12.0. The summed E-state index contributed by atoms with van der Waals surface area (Å²) in [5.41, 5.74) is -2.34. The molecule has 10 aromatic carbocycles. The summed E-state index contributed by atoms with van der Waals surface area (Å²) in [5, 5.41) is 0.464. The standard InChI is InChI=1S/C60H17B25N2S/c61-30-24(31(62)39(70)45(76)38(30)69)22-16-21(88(18-10-4-1-5-11-18,19-12-6-2-7-13-19)20-14-8-3-9-15-20)17-23(25-32(63)40(71)46(77)41(72)33(25)64)55(22)86-56-28(36(67)44(75)47(78)50(56)81)29-37(68)60(54(85)53(84)59(29)86)87-57-26(34(65)42(73)48(79)51(57)82)27-35(66)43(74)49(80)52(83)58(27)87/h1-17H. The van der Waals surface area contributed by atoms with Crippen LogP contribution in [0.5, 0.6) is 0 Å². The lowest BCUT2D eigenvalue weighted by molar-refractivity contribution is 1.17. The molecule has 88 heavy (non-hydrogen) atoms. The van der Waals surface area contributed by atoms with E-state index >= 15 is 0 Å². The molecule has 0 saturated heterocycles. The number of nitrogens with zero attached hydrogens (tertiary/aromatic N) is 2. The number of rotatable bonds is 8. The quantitative estimate of drug-likeness (QED) is 0.134. The molecule has 0 amide bonds. The Balaban J connectivity index is 1.42. The molecular formula is C60H17B25N2S. The molecule has 0 aliphatic rings. The minimum atomic E-state index is -2.76. The topological polar surface area (TPSA) is 9.86 Å². The lowest BCUT2D eigenvalue weighted by atomic mass is 9.58. The van der Waals surface area contributed by atoms with Gasteiger partial charge in [0.2, 0.25) is 0 Å². The van der Waals surface area contributed by atoms with Crippen molar-refractivity contribution in [1.29, 1.82) is 0 Å². The fourth-order valence-electron chi connectivity index (χ4n) is 12.5. The fraction of sp³-hybridized carbons (Fsp3) is 0. The predicted molar refractivity (Wildman–Crippen MR) is 401 cm³/mol. The van der Waals surface area contributed by atoms with Crippen LogP contribution in [0.15, 0.2) is 123 Å². The Bertz CT molecular complexity index is 4770. The summed E-state index contributed by atoms with van der Waals surface area (Å²) in [6, 6.07) is 33.4. The van der Waals surface area contributed by atoms with E-state index in [1.165, 1.54) is 4.57 Å². The molecule has 2 aromatic heterocycles. The van der Waals surface area contributed by atoms with Gasteiger partial charge in [-0.25, -0.2) is 0 Å². The molecule has 348 valence electrons. The van der Waals surface area contributed by atoms with Crippen molar-refractivity contribution in [3.8, 4) is 33.6 Å². The Morgan fingerprint density at radius 3 is 0.727 bits per heavy atom. The van der Waals surface area contributed by atoms with Gasteiger partial charge in [0, 0.05) is 63.8 Å². The molecule has 0 aliphatic heterocycles. The van der Waals surface area contributed by atoms with Crippen molar-refractivity contribution < 1.29 is 0 Å². The van der Waals surface area contributed by atoms with Crippen LogP contribution in [-0.2, 0) is 0 Å². The van der Waals surface area contributed by atoms with E-state index in [2.05, 4.69) is 0 Å². The van der Waals surface area contributed by atoms with Crippen molar-refractivity contribution in [3.63, 3.8) is 0 Å². The van der Waals surface area contributed by atoms with Crippen LogP contribution >= 0.6 is 10.0 Å². The van der Waals surface area contributed by atoms with Gasteiger partial charge in [-0.3, -0.25) is 0 Å². The summed E-state index contributed by atoms with van der Waals surface area (Å²) >= 11 is 0. The number of aromatic nitrogens is 2. The van der Waals surface area contributed by atoms with Crippen molar-refractivity contribution >= 4 is 386 Å². The smallest absolute Gasteiger partial charge is 0.117 e. The maximum Gasteiger partial charge on any atom is 0.117 e. The molecule has 0 aliphatic carbocycles. The summed E-state index contributed by atoms with van der Waals surface area (Å²) in [6.45, 7) is 0. The Morgan fingerprint density at radius 2 is 0.432 bits per heavy atom. The van der Waals surface area contributed by atoms with Gasteiger partial charge in [-0.05, 0) is 75.8 Å². The van der Waals surface area contributed by atoms with E-state index in [-0.39, 0.29) is 214 Å². The summed E-state index contributed by atoms with van der Waals surface area (Å²) in [6.07, 6.45) is 0. The van der Waals surface area contributed by atoms with Crippen LogP contribution in [0.4, 0.5) is 0 Å². The third kappa shape index (κ3) is 8.47. The van der Waals surface area contributed by atoms with Crippen molar-refractivity contribution in [2.45, 2.75) is 19.6 Å². The van der Waals surface area contributed by atoms with Crippen LogP contribution in [0.2, 0.25) is 0 Å². The molecule has 0 N–H and O–H groups in total. The van der Waals surface area contributed by atoms with Gasteiger partial charge in [-0.2, -0.15) is 0 Å². The number of fused-ring (bicyclic) bond motifs is 6. The molecule has 28 heteroatoms. The molecule has 0 atom stereocenters. The Morgan fingerprint density at radius 1 is 0.205 bits per heavy atom. The molecule has 0 bridgehead atoms. The summed E-state index contributed by atoms with van der Waals surface area (Å²) < 4.78 is 3.09. The minimum Gasteiger partial charge on any atom is -0.312 e. The van der Waals surface area contributed by atoms with Crippen molar-refractivity contribution in [1.82, 2.24) is 9.13 Å². The molecule has 0 unspecified atom stereocenters. The molecule has 2 heterocycles.